The molecule has 0 atom stereocenters. The van der Waals surface area contributed by atoms with E-state index in [2.05, 4.69) is 9.71 Å². The number of ether oxygens (including phenoxy) is 1. The van der Waals surface area contributed by atoms with E-state index in [4.69, 9.17) is 4.74 Å². The Kier molecular flexibility index (Phi) is 4.55. The molecule has 3 rings (SSSR count). The summed E-state index contributed by atoms with van der Waals surface area (Å²) < 4.78 is 33.2. The molecule has 0 unspecified atom stereocenters. The zero-order valence-electron chi connectivity index (χ0n) is 13.0. The summed E-state index contributed by atoms with van der Waals surface area (Å²) in [4.78, 5) is 14.5. The minimum atomic E-state index is -3.81. The minimum absolute atomic E-state index is 0.0705. The van der Waals surface area contributed by atoms with E-state index in [0.29, 0.717) is 22.6 Å². The number of hydrogen-bond donors (Lipinski definition) is 1. The SMILES string of the molecule is CCOc1ccc(S(=O)(=O)Nc2nc3cc([N+](=O)[O-])ccc3s2)cc1. The smallest absolute Gasteiger partial charge is 0.271 e. The molecule has 1 N–H and O–H groups in total. The summed E-state index contributed by atoms with van der Waals surface area (Å²) in [5.41, 5.74) is 0.266. The van der Waals surface area contributed by atoms with Crippen LogP contribution in [0.2, 0.25) is 0 Å². The molecule has 0 aliphatic rings. The number of anilines is 1. The van der Waals surface area contributed by atoms with E-state index in [1.54, 1.807) is 18.2 Å². The molecule has 1 heterocycles. The molecule has 2 aromatic carbocycles. The highest BCUT2D eigenvalue weighted by molar-refractivity contribution is 7.93. The Morgan fingerprint density at radius 3 is 2.60 bits per heavy atom. The van der Waals surface area contributed by atoms with E-state index in [1.807, 2.05) is 6.92 Å². The third-order valence-electron chi connectivity index (χ3n) is 3.25. The largest absolute Gasteiger partial charge is 0.494 e. The number of nitro groups is 1. The van der Waals surface area contributed by atoms with Gasteiger partial charge in [0.25, 0.3) is 15.7 Å². The molecule has 0 spiro atoms. The van der Waals surface area contributed by atoms with Gasteiger partial charge in [-0.25, -0.2) is 13.4 Å². The first-order valence-corrected chi connectivity index (χ1v) is 9.49. The molecule has 0 saturated carbocycles. The number of fused-ring (bicyclic) bond motifs is 1. The lowest BCUT2D eigenvalue weighted by Gasteiger charge is -2.06. The average Bonchev–Trinajstić information content (AvgIpc) is 2.96. The summed E-state index contributed by atoms with van der Waals surface area (Å²) >= 11 is 1.10. The summed E-state index contributed by atoms with van der Waals surface area (Å²) in [6.07, 6.45) is 0. The van der Waals surface area contributed by atoms with Crippen molar-refractivity contribution in [1.82, 2.24) is 4.98 Å². The average molecular weight is 379 g/mol. The Balaban J connectivity index is 1.87. The van der Waals surface area contributed by atoms with E-state index in [1.165, 1.54) is 24.3 Å². The van der Waals surface area contributed by atoms with Gasteiger partial charge in [0.2, 0.25) is 0 Å². The van der Waals surface area contributed by atoms with Crippen molar-refractivity contribution >= 4 is 42.4 Å². The maximum Gasteiger partial charge on any atom is 0.271 e. The van der Waals surface area contributed by atoms with Gasteiger partial charge in [-0.05, 0) is 37.3 Å². The van der Waals surface area contributed by atoms with Crippen molar-refractivity contribution in [3.63, 3.8) is 0 Å². The predicted octanol–water partition coefficient (Wildman–Crippen LogP) is 3.40. The van der Waals surface area contributed by atoms with Gasteiger partial charge < -0.3 is 4.74 Å². The maximum atomic E-state index is 12.4. The maximum absolute atomic E-state index is 12.4. The first-order chi connectivity index (χ1) is 11.9. The van der Waals surface area contributed by atoms with E-state index in [9.17, 15) is 18.5 Å². The van der Waals surface area contributed by atoms with E-state index in [0.717, 1.165) is 11.3 Å². The van der Waals surface area contributed by atoms with Crippen molar-refractivity contribution < 1.29 is 18.1 Å². The molecular formula is C15H13N3O5S2. The topological polar surface area (TPSA) is 111 Å². The molecule has 10 heteroatoms. The van der Waals surface area contributed by atoms with Crippen LogP contribution < -0.4 is 9.46 Å². The lowest BCUT2D eigenvalue weighted by molar-refractivity contribution is -0.384. The minimum Gasteiger partial charge on any atom is -0.494 e. The van der Waals surface area contributed by atoms with Gasteiger partial charge in [-0.2, -0.15) is 0 Å². The highest BCUT2D eigenvalue weighted by atomic mass is 32.2. The summed E-state index contributed by atoms with van der Waals surface area (Å²) in [7, 11) is -3.81. The fourth-order valence-corrected chi connectivity index (χ4v) is 4.21. The fraction of sp³-hybridized carbons (Fsp3) is 0.133. The zero-order valence-corrected chi connectivity index (χ0v) is 14.6. The Labute approximate surface area is 147 Å². The van der Waals surface area contributed by atoms with E-state index < -0.39 is 14.9 Å². The number of nitrogens with zero attached hydrogens (tertiary/aromatic N) is 2. The lowest BCUT2D eigenvalue weighted by atomic mass is 10.3. The number of thiazole rings is 1. The molecule has 0 bridgehead atoms. The molecule has 3 aromatic rings. The second kappa shape index (κ2) is 6.65. The number of benzene rings is 2. The Hall–Kier alpha value is -2.72. The van der Waals surface area contributed by atoms with Crippen LogP contribution in [-0.4, -0.2) is 24.9 Å². The number of nitro benzene ring substituents is 1. The third kappa shape index (κ3) is 3.69. The molecule has 1 aromatic heterocycles. The first kappa shape index (κ1) is 17.1. The molecule has 25 heavy (non-hydrogen) atoms. The molecule has 0 radical (unpaired) electrons. The van der Waals surface area contributed by atoms with Crippen LogP contribution in [0.25, 0.3) is 10.2 Å². The van der Waals surface area contributed by atoms with Crippen molar-refractivity contribution in [1.29, 1.82) is 0 Å². The van der Waals surface area contributed by atoms with Crippen LogP contribution in [0.15, 0.2) is 47.4 Å². The van der Waals surface area contributed by atoms with Crippen molar-refractivity contribution in [3.05, 3.63) is 52.6 Å². The van der Waals surface area contributed by atoms with Crippen LogP contribution >= 0.6 is 11.3 Å². The van der Waals surface area contributed by atoms with E-state index >= 15 is 0 Å². The van der Waals surface area contributed by atoms with Crippen molar-refractivity contribution in [2.45, 2.75) is 11.8 Å². The van der Waals surface area contributed by atoms with E-state index in [-0.39, 0.29) is 15.7 Å². The Bertz CT molecular complexity index is 1030. The number of hydrogen-bond acceptors (Lipinski definition) is 7. The van der Waals surface area contributed by atoms with Crippen LogP contribution in [0.4, 0.5) is 10.8 Å². The van der Waals surface area contributed by atoms with Crippen LogP contribution in [0.5, 0.6) is 5.75 Å². The van der Waals surface area contributed by atoms with Crippen LogP contribution in [0.1, 0.15) is 6.92 Å². The van der Waals surface area contributed by atoms with Crippen molar-refractivity contribution in [3.8, 4) is 5.75 Å². The molecule has 8 nitrogen and oxygen atoms in total. The second-order valence-electron chi connectivity index (χ2n) is 4.94. The number of sulfonamides is 1. The summed E-state index contributed by atoms with van der Waals surface area (Å²) in [6, 6.07) is 10.2. The van der Waals surface area contributed by atoms with Gasteiger partial charge in [0.05, 0.1) is 26.6 Å². The molecular weight excluding hydrogens is 366 g/mol. The highest BCUT2D eigenvalue weighted by Gasteiger charge is 2.17. The van der Waals surface area contributed by atoms with Gasteiger partial charge in [-0.3, -0.25) is 14.8 Å². The predicted molar refractivity (Wildman–Crippen MR) is 94.7 cm³/mol. The van der Waals surface area contributed by atoms with Crippen molar-refractivity contribution in [2.24, 2.45) is 0 Å². The second-order valence-corrected chi connectivity index (χ2v) is 7.65. The molecule has 0 aliphatic carbocycles. The monoisotopic (exact) mass is 379 g/mol. The zero-order chi connectivity index (χ0) is 18.0. The fourth-order valence-electron chi connectivity index (χ4n) is 2.13. The Morgan fingerprint density at radius 1 is 1.24 bits per heavy atom. The standard InChI is InChI=1S/C15H13N3O5S2/c1-2-23-11-4-6-12(7-5-11)25(21,22)17-15-16-13-9-10(18(19)20)3-8-14(13)24-15/h3-9H,2H2,1H3,(H,16,17). The summed E-state index contributed by atoms with van der Waals surface area (Å²) in [6.45, 7) is 2.33. The summed E-state index contributed by atoms with van der Waals surface area (Å²) in [5, 5.41) is 10.9. The number of rotatable bonds is 6. The quantitative estimate of drug-likeness (QED) is 0.519. The highest BCUT2D eigenvalue weighted by Crippen LogP contribution is 2.30. The van der Waals surface area contributed by atoms with Crippen molar-refractivity contribution in [2.75, 3.05) is 11.3 Å². The molecule has 0 saturated heterocycles. The van der Waals surface area contributed by atoms with Gasteiger partial charge in [0.15, 0.2) is 5.13 Å². The molecule has 0 amide bonds. The van der Waals surface area contributed by atoms with Gasteiger partial charge in [-0.1, -0.05) is 11.3 Å². The normalized spacial score (nSPS) is 11.4. The third-order valence-corrected chi connectivity index (χ3v) is 5.68. The van der Waals surface area contributed by atoms with Crippen LogP contribution in [0.3, 0.4) is 0 Å². The molecule has 0 aliphatic heterocycles. The first-order valence-electron chi connectivity index (χ1n) is 7.20. The Morgan fingerprint density at radius 2 is 1.96 bits per heavy atom. The van der Waals surface area contributed by atoms with Crippen LogP contribution in [-0.2, 0) is 10.0 Å². The number of nitrogens with one attached hydrogen (secondary N) is 1. The lowest BCUT2D eigenvalue weighted by Crippen LogP contribution is -2.12. The van der Waals surface area contributed by atoms with Gasteiger partial charge in [-0.15, -0.1) is 0 Å². The molecule has 130 valence electrons. The van der Waals surface area contributed by atoms with Gasteiger partial charge in [0, 0.05) is 12.1 Å². The number of aromatic nitrogens is 1. The summed E-state index contributed by atoms with van der Waals surface area (Å²) in [5.74, 6) is 0.578. The molecule has 0 fully saturated rings. The van der Waals surface area contributed by atoms with Gasteiger partial charge in [0.1, 0.15) is 5.75 Å². The van der Waals surface area contributed by atoms with Crippen LogP contribution in [0, 0.1) is 10.1 Å². The number of non-ortho nitro benzene ring substituents is 1. The van der Waals surface area contributed by atoms with Gasteiger partial charge >= 0.3 is 0 Å².